The van der Waals surface area contributed by atoms with E-state index >= 15 is 0 Å². The molecule has 0 amide bonds. The maximum atomic E-state index is 11.7. The Hall–Kier alpha value is -2.36. The molecule has 1 rings (SSSR count). The summed E-state index contributed by atoms with van der Waals surface area (Å²) in [5, 5.41) is 0. The fraction of sp³-hybridized carbons (Fsp3) is 0.250. The topological polar surface area (TPSA) is 52.6 Å². The third-order valence-electron chi connectivity index (χ3n) is 2.35. The minimum absolute atomic E-state index is 0.305. The van der Waals surface area contributed by atoms with Gasteiger partial charge in [0.25, 0.3) is 0 Å². The Kier molecular flexibility index (Phi) is 6.82. The van der Waals surface area contributed by atoms with Gasteiger partial charge in [-0.15, -0.1) is 0 Å². The van der Waals surface area contributed by atoms with Gasteiger partial charge in [-0.3, -0.25) is 0 Å². The molecule has 0 radical (unpaired) electrons. The summed E-state index contributed by atoms with van der Waals surface area (Å²) in [5.74, 6) is -1.01. The van der Waals surface area contributed by atoms with E-state index in [4.69, 9.17) is 9.47 Å². The van der Waals surface area contributed by atoms with Crippen LogP contribution >= 0.6 is 0 Å². The fourth-order valence-corrected chi connectivity index (χ4v) is 1.32. The molecular weight excluding hydrogens is 256 g/mol. The van der Waals surface area contributed by atoms with Crippen LogP contribution < -0.4 is 0 Å². The Morgan fingerprint density at radius 2 is 1.40 bits per heavy atom. The van der Waals surface area contributed by atoms with E-state index in [1.807, 2.05) is 13.8 Å². The Morgan fingerprint density at radius 1 is 0.950 bits per heavy atom. The van der Waals surface area contributed by atoms with E-state index in [1.54, 1.807) is 30.4 Å². The van der Waals surface area contributed by atoms with Crippen LogP contribution in [0.2, 0.25) is 0 Å². The number of hydrogen-bond acceptors (Lipinski definition) is 4. The van der Waals surface area contributed by atoms with E-state index < -0.39 is 11.9 Å². The van der Waals surface area contributed by atoms with Gasteiger partial charge < -0.3 is 9.47 Å². The monoisotopic (exact) mass is 274 g/mol. The van der Waals surface area contributed by atoms with Gasteiger partial charge in [0.1, 0.15) is 0 Å². The lowest BCUT2D eigenvalue weighted by molar-refractivity contribution is 0.0662. The molecular formula is C16H18O4. The summed E-state index contributed by atoms with van der Waals surface area (Å²) in [4.78, 5) is 23.4. The first-order chi connectivity index (χ1) is 9.69. The van der Waals surface area contributed by atoms with Crippen molar-refractivity contribution < 1.29 is 19.1 Å². The van der Waals surface area contributed by atoms with Crippen LogP contribution in [-0.4, -0.2) is 11.9 Å². The van der Waals surface area contributed by atoms with Crippen molar-refractivity contribution in [3.05, 3.63) is 60.1 Å². The standard InChI is InChI=1S/C16H18O4/c1-3-5-10-19-15(17)13-8-7-9-14(12-13)16(18)20-11-6-4-2/h5-12H,3-4H2,1-2H3. The highest BCUT2D eigenvalue weighted by Gasteiger charge is 2.11. The molecule has 0 saturated carbocycles. The Labute approximate surface area is 118 Å². The maximum absolute atomic E-state index is 11.7. The molecule has 0 aliphatic heterocycles. The van der Waals surface area contributed by atoms with Crippen LogP contribution in [0.15, 0.2) is 48.9 Å². The molecule has 0 spiro atoms. The number of carbonyl (C=O) groups excluding carboxylic acids is 2. The zero-order chi connectivity index (χ0) is 14.8. The summed E-state index contributed by atoms with van der Waals surface area (Å²) in [7, 11) is 0. The molecule has 0 N–H and O–H groups in total. The molecule has 106 valence electrons. The summed E-state index contributed by atoms with van der Waals surface area (Å²) < 4.78 is 9.83. The Morgan fingerprint density at radius 3 is 1.80 bits per heavy atom. The van der Waals surface area contributed by atoms with Gasteiger partial charge >= 0.3 is 11.9 Å². The second-order valence-corrected chi connectivity index (χ2v) is 3.95. The molecule has 1 aromatic carbocycles. The highest BCUT2D eigenvalue weighted by Crippen LogP contribution is 2.09. The van der Waals surface area contributed by atoms with Crippen molar-refractivity contribution in [1.82, 2.24) is 0 Å². The van der Waals surface area contributed by atoms with Crippen LogP contribution in [0.3, 0.4) is 0 Å². The Bertz CT molecular complexity index is 472. The lowest BCUT2D eigenvalue weighted by Crippen LogP contribution is -2.05. The number of rotatable bonds is 6. The largest absolute Gasteiger partial charge is 0.431 e. The lowest BCUT2D eigenvalue weighted by Gasteiger charge is -2.02. The van der Waals surface area contributed by atoms with E-state index in [2.05, 4.69) is 0 Å². The normalized spacial score (nSPS) is 10.9. The number of hydrogen-bond donors (Lipinski definition) is 0. The van der Waals surface area contributed by atoms with E-state index in [9.17, 15) is 9.59 Å². The van der Waals surface area contributed by atoms with Crippen LogP contribution in [0.5, 0.6) is 0 Å². The van der Waals surface area contributed by atoms with Crippen molar-refractivity contribution in [1.29, 1.82) is 0 Å². The molecule has 0 saturated heterocycles. The van der Waals surface area contributed by atoms with Crippen LogP contribution in [0, 0.1) is 0 Å². The highest BCUT2D eigenvalue weighted by atomic mass is 16.5. The zero-order valence-electron chi connectivity index (χ0n) is 11.7. The van der Waals surface area contributed by atoms with E-state index in [1.165, 1.54) is 18.6 Å². The molecule has 4 heteroatoms. The van der Waals surface area contributed by atoms with Crippen LogP contribution in [0.1, 0.15) is 47.4 Å². The summed E-state index contributed by atoms with van der Waals surface area (Å²) in [6.07, 6.45) is 7.71. The van der Waals surface area contributed by atoms with Gasteiger partial charge in [0.15, 0.2) is 0 Å². The van der Waals surface area contributed by atoms with Gasteiger partial charge in [-0.25, -0.2) is 9.59 Å². The molecule has 0 aromatic heterocycles. The molecule has 0 unspecified atom stereocenters. The van der Waals surface area contributed by atoms with Gasteiger partial charge in [0, 0.05) is 0 Å². The number of esters is 2. The van der Waals surface area contributed by atoms with Crippen LogP contribution in [-0.2, 0) is 9.47 Å². The average Bonchev–Trinajstić information content (AvgIpc) is 2.47. The van der Waals surface area contributed by atoms with Gasteiger partial charge in [0.05, 0.1) is 23.7 Å². The van der Waals surface area contributed by atoms with Crippen molar-refractivity contribution in [3.8, 4) is 0 Å². The third-order valence-corrected chi connectivity index (χ3v) is 2.35. The van der Waals surface area contributed by atoms with Crippen LogP contribution in [0.25, 0.3) is 0 Å². The first-order valence-corrected chi connectivity index (χ1v) is 6.51. The SMILES string of the molecule is CCC=COC(=O)c1cccc(C(=O)OC=CCC)c1. The second-order valence-electron chi connectivity index (χ2n) is 3.95. The molecule has 0 aliphatic carbocycles. The predicted octanol–water partition coefficient (Wildman–Crippen LogP) is 3.85. The molecule has 0 heterocycles. The van der Waals surface area contributed by atoms with Crippen molar-refractivity contribution in [2.45, 2.75) is 26.7 Å². The summed E-state index contributed by atoms with van der Waals surface area (Å²) in [6, 6.07) is 6.23. The first-order valence-electron chi connectivity index (χ1n) is 6.51. The van der Waals surface area contributed by atoms with Gasteiger partial charge in [0.2, 0.25) is 0 Å². The molecule has 0 bridgehead atoms. The maximum Gasteiger partial charge on any atom is 0.342 e. The second kappa shape index (κ2) is 8.69. The smallest absolute Gasteiger partial charge is 0.342 e. The number of benzene rings is 1. The fourth-order valence-electron chi connectivity index (χ4n) is 1.32. The summed E-state index contributed by atoms with van der Waals surface area (Å²) in [5.41, 5.74) is 0.611. The van der Waals surface area contributed by atoms with Crippen molar-refractivity contribution >= 4 is 11.9 Å². The lowest BCUT2D eigenvalue weighted by atomic mass is 10.1. The molecule has 1 aromatic rings. The van der Waals surface area contributed by atoms with Gasteiger partial charge in [-0.05, 0) is 43.2 Å². The first kappa shape index (κ1) is 15.7. The quantitative estimate of drug-likeness (QED) is 0.584. The molecule has 4 nitrogen and oxygen atoms in total. The minimum Gasteiger partial charge on any atom is -0.431 e. The van der Waals surface area contributed by atoms with Crippen molar-refractivity contribution in [2.24, 2.45) is 0 Å². The van der Waals surface area contributed by atoms with Crippen molar-refractivity contribution in [3.63, 3.8) is 0 Å². The van der Waals surface area contributed by atoms with E-state index in [0.29, 0.717) is 11.1 Å². The molecule has 0 fully saturated rings. The summed E-state index contributed by atoms with van der Waals surface area (Å²) in [6.45, 7) is 3.87. The molecule has 0 atom stereocenters. The predicted molar refractivity (Wildman–Crippen MR) is 76.1 cm³/mol. The van der Waals surface area contributed by atoms with Crippen molar-refractivity contribution in [2.75, 3.05) is 0 Å². The van der Waals surface area contributed by atoms with E-state index in [-0.39, 0.29) is 0 Å². The van der Waals surface area contributed by atoms with Gasteiger partial charge in [-0.2, -0.15) is 0 Å². The highest BCUT2D eigenvalue weighted by molar-refractivity contribution is 5.95. The third kappa shape index (κ3) is 5.10. The zero-order valence-corrected chi connectivity index (χ0v) is 11.7. The van der Waals surface area contributed by atoms with E-state index in [0.717, 1.165) is 12.8 Å². The number of carbonyl (C=O) groups is 2. The number of ether oxygens (including phenoxy) is 2. The molecule has 20 heavy (non-hydrogen) atoms. The summed E-state index contributed by atoms with van der Waals surface area (Å²) >= 11 is 0. The molecule has 0 aliphatic rings. The average molecular weight is 274 g/mol. The Balaban J connectivity index is 2.74. The van der Waals surface area contributed by atoms with Gasteiger partial charge in [-0.1, -0.05) is 19.9 Å². The van der Waals surface area contributed by atoms with Crippen LogP contribution in [0.4, 0.5) is 0 Å². The number of allylic oxidation sites excluding steroid dienone is 2. The minimum atomic E-state index is -0.506.